The number of urea groups is 1. The molecule has 0 bridgehead atoms. The van der Waals surface area contributed by atoms with E-state index in [0.717, 1.165) is 16.7 Å². The van der Waals surface area contributed by atoms with Crippen LogP contribution in [-0.4, -0.2) is 31.1 Å². The predicted octanol–water partition coefficient (Wildman–Crippen LogP) is 6.31. The summed E-state index contributed by atoms with van der Waals surface area (Å²) in [6, 6.07) is 34.0. The van der Waals surface area contributed by atoms with Gasteiger partial charge >= 0.3 is 12.0 Å². The molecule has 0 fully saturated rings. The lowest BCUT2D eigenvalue weighted by molar-refractivity contribution is 0.0594. The molecule has 0 atom stereocenters. The van der Waals surface area contributed by atoms with Crippen molar-refractivity contribution in [2.45, 2.75) is 12.6 Å². The molecule has 1 N–H and O–H groups in total. The molecule has 182 valence electrons. The van der Waals surface area contributed by atoms with Crippen LogP contribution in [0.3, 0.4) is 0 Å². The molecule has 6 nitrogen and oxygen atoms in total. The van der Waals surface area contributed by atoms with E-state index in [-0.39, 0.29) is 11.6 Å². The number of carbonyl (C=O) groups is 2. The Bertz CT molecular complexity index is 1260. The first kappa shape index (κ1) is 24.5. The Morgan fingerprint density at radius 3 is 1.92 bits per heavy atom. The summed E-state index contributed by atoms with van der Waals surface area (Å²) in [6.07, 6.45) is -0.437. The first-order chi connectivity index (χ1) is 17.5. The van der Waals surface area contributed by atoms with Crippen LogP contribution >= 0.6 is 0 Å². The van der Waals surface area contributed by atoms with Gasteiger partial charge in [0.1, 0.15) is 17.4 Å². The smallest absolute Gasteiger partial charge is 0.341 e. The predicted molar refractivity (Wildman–Crippen MR) is 140 cm³/mol. The van der Waals surface area contributed by atoms with Crippen molar-refractivity contribution in [3.63, 3.8) is 0 Å². The molecule has 0 heterocycles. The Morgan fingerprint density at radius 2 is 1.36 bits per heavy atom. The molecule has 6 heteroatoms. The van der Waals surface area contributed by atoms with Gasteiger partial charge in [0.05, 0.1) is 7.11 Å². The van der Waals surface area contributed by atoms with E-state index in [0.29, 0.717) is 18.0 Å². The van der Waals surface area contributed by atoms with Gasteiger partial charge in [-0.25, -0.2) is 9.59 Å². The number of esters is 1. The molecule has 0 aliphatic heterocycles. The fraction of sp³-hybridized carbons (Fsp3) is 0.133. The van der Waals surface area contributed by atoms with E-state index in [1.54, 1.807) is 30.1 Å². The number of hydrogen-bond donors (Lipinski definition) is 1. The molecule has 4 aromatic rings. The minimum absolute atomic E-state index is 0.220. The third-order valence-electron chi connectivity index (χ3n) is 5.69. The van der Waals surface area contributed by atoms with Crippen molar-refractivity contribution < 1.29 is 19.1 Å². The van der Waals surface area contributed by atoms with Crippen molar-refractivity contribution in [2.24, 2.45) is 0 Å². The minimum atomic E-state index is -0.557. The van der Waals surface area contributed by atoms with Crippen LogP contribution in [0.1, 0.15) is 33.2 Å². The van der Waals surface area contributed by atoms with Gasteiger partial charge in [-0.1, -0.05) is 91.0 Å². The molecule has 36 heavy (non-hydrogen) atoms. The van der Waals surface area contributed by atoms with Crippen molar-refractivity contribution in [3.8, 4) is 5.75 Å². The number of amides is 2. The summed E-state index contributed by atoms with van der Waals surface area (Å²) >= 11 is 0. The fourth-order valence-electron chi connectivity index (χ4n) is 3.84. The molecule has 0 aromatic heterocycles. The number of hydrogen-bond acceptors (Lipinski definition) is 4. The van der Waals surface area contributed by atoms with Crippen LogP contribution in [0.5, 0.6) is 5.75 Å². The number of methoxy groups -OCH3 is 1. The third-order valence-corrected chi connectivity index (χ3v) is 5.69. The Balaban J connectivity index is 1.58. The molecular weight excluding hydrogens is 452 g/mol. The highest BCUT2D eigenvalue weighted by Crippen LogP contribution is 2.32. The summed E-state index contributed by atoms with van der Waals surface area (Å²) < 4.78 is 11.4. The summed E-state index contributed by atoms with van der Waals surface area (Å²) in [5.41, 5.74) is 3.59. The van der Waals surface area contributed by atoms with Gasteiger partial charge in [-0.15, -0.1) is 0 Å². The highest BCUT2D eigenvalue weighted by atomic mass is 16.5. The molecule has 0 aliphatic rings. The SMILES string of the molecule is COC(=O)c1cc(NC(=O)N(C)Cc2ccccc2)ccc1OC(c1ccccc1)c1ccccc1. The van der Waals surface area contributed by atoms with E-state index >= 15 is 0 Å². The van der Waals surface area contributed by atoms with Gasteiger partial charge in [-0.3, -0.25) is 0 Å². The Morgan fingerprint density at radius 1 is 0.806 bits per heavy atom. The minimum Gasteiger partial charge on any atom is -0.480 e. The van der Waals surface area contributed by atoms with Crippen LogP contribution in [0.15, 0.2) is 109 Å². The van der Waals surface area contributed by atoms with Crippen molar-refractivity contribution >= 4 is 17.7 Å². The van der Waals surface area contributed by atoms with Gasteiger partial charge in [0.2, 0.25) is 0 Å². The van der Waals surface area contributed by atoms with Crippen LogP contribution in [0.4, 0.5) is 10.5 Å². The average molecular weight is 481 g/mol. The largest absolute Gasteiger partial charge is 0.480 e. The molecule has 0 unspecified atom stereocenters. The zero-order valence-corrected chi connectivity index (χ0v) is 20.3. The number of carbonyl (C=O) groups excluding carboxylic acids is 2. The van der Waals surface area contributed by atoms with Crippen LogP contribution in [-0.2, 0) is 11.3 Å². The molecular formula is C30H28N2O4. The number of ether oxygens (including phenoxy) is 2. The fourth-order valence-corrected chi connectivity index (χ4v) is 3.84. The maximum atomic E-state index is 12.8. The standard InChI is InChI=1S/C30H28N2O4/c1-32(21-22-12-6-3-7-13-22)30(34)31-25-18-19-27(26(20-25)29(33)35-2)36-28(23-14-8-4-9-15-23)24-16-10-5-11-17-24/h3-20,28H,21H2,1-2H3,(H,31,34). The molecule has 0 spiro atoms. The maximum Gasteiger partial charge on any atom is 0.341 e. The van der Waals surface area contributed by atoms with Gasteiger partial charge in [0, 0.05) is 19.3 Å². The van der Waals surface area contributed by atoms with Crippen molar-refractivity contribution in [2.75, 3.05) is 19.5 Å². The van der Waals surface area contributed by atoms with E-state index < -0.39 is 12.1 Å². The van der Waals surface area contributed by atoms with Crippen LogP contribution < -0.4 is 10.1 Å². The van der Waals surface area contributed by atoms with Gasteiger partial charge in [0.15, 0.2) is 0 Å². The van der Waals surface area contributed by atoms with Crippen LogP contribution in [0.25, 0.3) is 0 Å². The first-order valence-electron chi connectivity index (χ1n) is 11.6. The molecule has 4 rings (SSSR count). The van der Waals surface area contributed by atoms with E-state index in [1.165, 1.54) is 7.11 Å². The Labute approximate surface area is 211 Å². The zero-order chi connectivity index (χ0) is 25.3. The summed E-state index contributed by atoms with van der Waals surface area (Å²) in [4.78, 5) is 27.0. The molecule has 0 saturated carbocycles. The highest BCUT2D eigenvalue weighted by Gasteiger charge is 2.21. The Kier molecular flexibility index (Phi) is 7.98. The highest BCUT2D eigenvalue weighted by molar-refractivity contribution is 5.96. The van der Waals surface area contributed by atoms with Crippen molar-refractivity contribution in [3.05, 3.63) is 131 Å². The zero-order valence-electron chi connectivity index (χ0n) is 20.3. The van der Waals surface area contributed by atoms with Gasteiger partial charge in [-0.05, 0) is 34.9 Å². The number of nitrogens with zero attached hydrogens (tertiary/aromatic N) is 1. The molecule has 0 aliphatic carbocycles. The van der Waals surface area contributed by atoms with Gasteiger partial charge < -0.3 is 19.7 Å². The number of benzene rings is 4. The lowest BCUT2D eigenvalue weighted by Gasteiger charge is -2.22. The average Bonchev–Trinajstić information content (AvgIpc) is 2.93. The lowest BCUT2D eigenvalue weighted by atomic mass is 10.0. The second kappa shape index (κ2) is 11.7. The second-order valence-electron chi connectivity index (χ2n) is 8.29. The summed E-state index contributed by atoms with van der Waals surface area (Å²) in [5, 5.41) is 2.85. The topological polar surface area (TPSA) is 67.9 Å². The number of nitrogens with one attached hydrogen (secondary N) is 1. The van der Waals surface area contributed by atoms with Crippen LogP contribution in [0, 0.1) is 0 Å². The molecule has 0 saturated heterocycles. The summed E-state index contributed by atoms with van der Waals surface area (Å²) in [5.74, 6) is -0.200. The second-order valence-corrected chi connectivity index (χ2v) is 8.29. The quantitative estimate of drug-likeness (QED) is 0.300. The van der Waals surface area contributed by atoms with Gasteiger partial charge in [0.25, 0.3) is 0 Å². The van der Waals surface area contributed by atoms with Crippen molar-refractivity contribution in [1.82, 2.24) is 4.90 Å². The monoisotopic (exact) mass is 480 g/mol. The number of anilines is 1. The molecule has 0 radical (unpaired) electrons. The van der Waals surface area contributed by atoms with E-state index in [9.17, 15) is 9.59 Å². The maximum absolute atomic E-state index is 12.8. The first-order valence-corrected chi connectivity index (χ1v) is 11.6. The number of rotatable bonds is 8. The normalized spacial score (nSPS) is 10.5. The molecule has 2 amide bonds. The Hall–Kier alpha value is -4.58. The van der Waals surface area contributed by atoms with Gasteiger partial charge in [-0.2, -0.15) is 0 Å². The van der Waals surface area contributed by atoms with E-state index in [1.807, 2.05) is 91.0 Å². The van der Waals surface area contributed by atoms with E-state index in [2.05, 4.69) is 5.32 Å². The summed E-state index contributed by atoms with van der Waals surface area (Å²) in [6.45, 7) is 0.452. The lowest BCUT2D eigenvalue weighted by Crippen LogP contribution is -2.30. The van der Waals surface area contributed by atoms with E-state index in [4.69, 9.17) is 9.47 Å². The third kappa shape index (κ3) is 6.10. The molecule has 4 aromatic carbocycles. The summed E-state index contributed by atoms with van der Waals surface area (Å²) in [7, 11) is 3.03. The van der Waals surface area contributed by atoms with Crippen molar-refractivity contribution in [1.29, 1.82) is 0 Å². The van der Waals surface area contributed by atoms with Crippen LogP contribution in [0.2, 0.25) is 0 Å².